The van der Waals surface area contributed by atoms with E-state index in [0.717, 1.165) is 15.6 Å². The highest BCUT2D eigenvalue weighted by atomic mass is 79.9. The topological polar surface area (TPSA) is 30.7 Å². The zero-order valence-electron chi connectivity index (χ0n) is 11.9. The molecule has 1 unspecified atom stereocenters. The van der Waals surface area contributed by atoms with E-state index in [0.29, 0.717) is 6.42 Å². The van der Waals surface area contributed by atoms with Gasteiger partial charge in [0.25, 0.3) is 0 Å². The lowest BCUT2D eigenvalue weighted by molar-refractivity contribution is 0.439. The zero-order chi connectivity index (χ0) is 15.4. The van der Waals surface area contributed by atoms with Crippen molar-refractivity contribution >= 4 is 15.9 Å². The highest BCUT2D eigenvalue weighted by Crippen LogP contribution is 2.37. The van der Waals surface area contributed by atoms with E-state index in [-0.39, 0.29) is 0 Å². The van der Waals surface area contributed by atoms with Gasteiger partial charge in [-0.05, 0) is 23.3 Å². The number of hydrogen-bond donors (Lipinski definition) is 0. The first-order valence-corrected chi connectivity index (χ1v) is 7.67. The van der Waals surface area contributed by atoms with Crippen LogP contribution in [0.1, 0.15) is 17.5 Å². The molecule has 4 heteroatoms. The predicted octanol–water partition coefficient (Wildman–Crippen LogP) is 3.86. The van der Waals surface area contributed by atoms with Crippen molar-refractivity contribution in [2.24, 2.45) is 0 Å². The third-order valence-corrected chi connectivity index (χ3v) is 4.32. The van der Waals surface area contributed by atoms with E-state index in [1.54, 1.807) is 12.7 Å². The predicted molar refractivity (Wildman–Crippen MR) is 90.2 cm³/mol. The van der Waals surface area contributed by atoms with Gasteiger partial charge in [-0.2, -0.15) is 0 Å². The molecule has 2 aromatic carbocycles. The second-order valence-electron chi connectivity index (χ2n) is 4.98. The van der Waals surface area contributed by atoms with Crippen LogP contribution in [0.15, 0.2) is 71.7 Å². The van der Waals surface area contributed by atoms with Gasteiger partial charge in [0, 0.05) is 10.9 Å². The third-order valence-electron chi connectivity index (χ3n) is 3.79. The average Bonchev–Trinajstić information content (AvgIpc) is 3.09. The Bertz CT molecular complexity index is 773. The normalized spacial score (nSPS) is 13.3. The summed E-state index contributed by atoms with van der Waals surface area (Å²) in [6.07, 6.45) is 9.65. The fourth-order valence-corrected chi connectivity index (χ4v) is 3.01. The van der Waals surface area contributed by atoms with Gasteiger partial charge in [-0.25, -0.2) is 0 Å². The maximum atomic E-state index is 5.71. The van der Waals surface area contributed by atoms with Crippen LogP contribution in [-0.2, 0) is 5.54 Å². The van der Waals surface area contributed by atoms with E-state index in [9.17, 15) is 0 Å². The van der Waals surface area contributed by atoms with Crippen LogP contribution in [0.25, 0.3) is 0 Å². The minimum atomic E-state index is -0.514. The van der Waals surface area contributed by atoms with Crippen molar-refractivity contribution in [3.05, 3.63) is 82.9 Å². The third kappa shape index (κ3) is 2.44. The quantitative estimate of drug-likeness (QED) is 0.668. The fraction of sp³-hybridized carbons (Fsp3) is 0.111. The van der Waals surface area contributed by atoms with Crippen LogP contribution in [0, 0.1) is 12.3 Å². The molecule has 0 spiro atoms. The van der Waals surface area contributed by atoms with Gasteiger partial charge in [-0.1, -0.05) is 58.4 Å². The monoisotopic (exact) mass is 351 g/mol. The molecule has 0 aliphatic carbocycles. The number of aromatic nitrogens is 3. The summed E-state index contributed by atoms with van der Waals surface area (Å²) in [6.45, 7) is 0. The van der Waals surface area contributed by atoms with Gasteiger partial charge < -0.3 is 4.57 Å². The molecule has 0 aliphatic heterocycles. The van der Waals surface area contributed by atoms with Gasteiger partial charge in [-0.3, -0.25) is 0 Å². The van der Waals surface area contributed by atoms with Crippen LogP contribution >= 0.6 is 15.9 Å². The number of nitrogens with zero attached hydrogens (tertiary/aromatic N) is 3. The molecule has 0 radical (unpaired) electrons. The zero-order valence-corrected chi connectivity index (χ0v) is 13.4. The summed E-state index contributed by atoms with van der Waals surface area (Å²) in [5, 5.41) is 7.95. The van der Waals surface area contributed by atoms with Gasteiger partial charge >= 0.3 is 0 Å². The molecule has 1 atom stereocenters. The van der Waals surface area contributed by atoms with E-state index in [4.69, 9.17) is 6.42 Å². The summed E-state index contributed by atoms with van der Waals surface area (Å²) < 4.78 is 3.01. The van der Waals surface area contributed by atoms with Crippen molar-refractivity contribution in [2.75, 3.05) is 0 Å². The summed E-state index contributed by atoms with van der Waals surface area (Å²) in [5.41, 5.74) is 1.69. The summed E-state index contributed by atoms with van der Waals surface area (Å²) in [6, 6.07) is 18.4. The Hall–Kier alpha value is -2.38. The lowest BCUT2D eigenvalue weighted by atomic mass is 9.80. The lowest BCUT2D eigenvalue weighted by Gasteiger charge is -2.34. The first-order chi connectivity index (χ1) is 10.8. The molecule has 3 nitrogen and oxygen atoms in total. The minimum Gasteiger partial charge on any atom is -0.305 e. The maximum Gasteiger partial charge on any atom is 0.120 e. The van der Waals surface area contributed by atoms with Crippen molar-refractivity contribution in [1.82, 2.24) is 14.8 Å². The highest BCUT2D eigenvalue weighted by molar-refractivity contribution is 9.10. The smallest absolute Gasteiger partial charge is 0.120 e. The van der Waals surface area contributed by atoms with Crippen molar-refractivity contribution in [1.29, 1.82) is 0 Å². The Labute approximate surface area is 138 Å². The Balaban J connectivity index is 2.29. The van der Waals surface area contributed by atoms with Crippen molar-refractivity contribution < 1.29 is 0 Å². The van der Waals surface area contributed by atoms with Gasteiger partial charge in [0.15, 0.2) is 0 Å². The van der Waals surface area contributed by atoms with E-state index in [1.807, 2.05) is 34.9 Å². The Morgan fingerprint density at radius 1 is 0.955 bits per heavy atom. The summed E-state index contributed by atoms with van der Waals surface area (Å²) in [5.74, 6) is 2.82. The average molecular weight is 352 g/mol. The molecular weight excluding hydrogens is 338 g/mol. The molecule has 0 saturated heterocycles. The highest BCUT2D eigenvalue weighted by Gasteiger charge is 2.35. The van der Waals surface area contributed by atoms with Crippen LogP contribution < -0.4 is 0 Å². The van der Waals surface area contributed by atoms with E-state index in [1.165, 1.54) is 0 Å². The van der Waals surface area contributed by atoms with Crippen LogP contribution in [0.3, 0.4) is 0 Å². The van der Waals surface area contributed by atoms with Gasteiger partial charge in [0.05, 0.1) is 0 Å². The molecule has 22 heavy (non-hydrogen) atoms. The molecule has 0 fully saturated rings. The van der Waals surface area contributed by atoms with Crippen LogP contribution in [0.5, 0.6) is 0 Å². The molecule has 3 aromatic rings. The van der Waals surface area contributed by atoms with Crippen molar-refractivity contribution in [2.45, 2.75) is 12.0 Å². The molecule has 3 rings (SSSR count). The van der Waals surface area contributed by atoms with Gasteiger partial charge in [0.2, 0.25) is 0 Å². The molecule has 0 bridgehead atoms. The molecule has 0 N–H and O–H groups in total. The van der Waals surface area contributed by atoms with Crippen LogP contribution in [-0.4, -0.2) is 14.8 Å². The summed E-state index contributed by atoms with van der Waals surface area (Å²) in [4.78, 5) is 0. The van der Waals surface area contributed by atoms with Gasteiger partial charge in [0.1, 0.15) is 18.2 Å². The maximum absolute atomic E-state index is 5.71. The second-order valence-corrected chi connectivity index (χ2v) is 5.90. The summed E-state index contributed by atoms with van der Waals surface area (Å²) >= 11 is 3.48. The molecule has 1 heterocycles. The first-order valence-electron chi connectivity index (χ1n) is 6.87. The number of hydrogen-bond acceptors (Lipinski definition) is 2. The summed E-state index contributed by atoms with van der Waals surface area (Å²) in [7, 11) is 0. The first kappa shape index (κ1) is 14.6. The second kappa shape index (κ2) is 6.17. The Kier molecular flexibility index (Phi) is 4.08. The Morgan fingerprint density at radius 2 is 1.55 bits per heavy atom. The number of benzene rings is 2. The Morgan fingerprint density at radius 3 is 2.14 bits per heavy atom. The number of halogens is 1. The SMILES string of the molecule is C#CCC(c1ccccc1)(c1ccc(Br)cc1)n1cnnc1. The van der Waals surface area contributed by atoms with E-state index >= 15 is 0 Å². The lowest BCUT2D eigenvalue weighted by Crippen LogP contribution is -2.35. The molecular formula is C18H14BrN3. The largest absolute Gasteiger partial charge is 0.305 e. The molecule has 108 valence electrons. The molecule has 0 amide bonds. The molecule has 0 aliphatic rings. The molecule has 1 aromatic heterocycles. The van der Waals surface area contributed by atoms with Crippen molar-refractivity contribution in [3.8, 4) is 12.3 Å². The van der Waals surface area contributed by atoms with Crippen molar-refractivity contribution in [3.63, 3.8) is 0 Å². The van der Waals surface area contributed by atoms with Crippen LogP contribution in [0.2, 0.25) is 0 Å². The van der Waals surface area contributed by atoms with Gasteiger partial charge in [-0.15, -0.1) is 22.5 Å². The van der Waals surface area contributed by atoms with E-state index in [2.05, 4.69) is 56.3 Å². The number of rotatable bonds is 4. The number of terminal acetylenes is 1. The minimum absolute atomic E-state index is 0.511. The van der Waals surface area contributed by atoms with E-state index < -0.39 is 5.54 Å². The fourth-order valence-electron chi connectivity index (χ4n) is 2.75. The molecule has 0 saturated carbocycles. The standard InChI is InChI=1S/C18H14BrN3/c1-2-12-18(22-13-20-21-14-22,15-6-4-3-5-7-15)16-8-10-17(19)11-9-16/h1,3-11,13-14H,12H2. The van der Waals surface area contributed by atoms with Crippen LogP contribution in [0.4, 0.5) is 0 Å².